The van der Waals surface area contributed by atoms with Crippen LogP contribution >= 0.6 is 0 Å². The number of ether oxygens (including phenoxy) is 1. The lowest BCUT2D eigenvalue weighted by Gasteiger charge is -2.25. The lowest BCUT2D eigenvalue weighted by molar-refractivity contribution is -0.0383. The molecule has 0 radical (unpaired) electrons. The van der Waals surface area contributed by atoms with Crippen LogP contribution in [0.5, 0.6) is 0 Å². The van der Waals surface area contributed by atoms with Crippen molar-refractivity contribution in [1.82, 2.24) is 14.8 Å². The van der Waals surface area contributed by atoms with E-state index in [9.17, 15) is 8.42 Å². The summed E-state index contributed by atoms with van der Waals surface area (Å²) in [4.78, 5) is 4.39. The van der Waals surface area contributed by atoms with Gasteiger partial charge in [0.05, 0.1) is 16.8 Å². The Morgan fingerprint density at radius 1 is 1.04 bits per heavy atom. The lowest BCUT2D eigenvalue weighted by Crippen LogP contribution is -2.20. The van der Waals surface area contributed by atoms with Crippen molar-refractivity contribution in [3.8, 4) is 22.4 Å². The summed E-state index contributed by atoms with van der Waals surface area (Å²) in [6.45, 7) is 0.724. The standard InChI is InChI=1S/C20H21N3O3S/c1-27(24,25)17-7-5-16(6-8-17)20-18(15-9-11-21-12-10-15)14-22-23(20)19-4-2-3-13-26-19/h5-12,14,19H,2-4,13H2,1H3. The number of hydrogen-bond donors (Lipinski definition) is 0. The summed E-state index contributed by atoms with van der Waals surface area (Å²) >= 11 is 0. The highest BCUT2D eigenvalue weighted by Crippen LogP contribution is 2.36. The number of rotatable bonds is 4. The molecule has 140 valence electrons. The van der Waals surface area contributed by atoms with Gasteiger partial charge in [-0.15, -0.1) is 0 Å². The Bertz CT molecular complexity index is 1020. The number of nitrogens with zero attached hydrogens (tertiary/aromatic N) is 3. The number of pyridine rings is 1. The Hall–Kier alpha value is -2.51. The second-order valence-corrected chi connectivity index (χ2v) is 8.72. The van der Waals surface area contributed by atoms with Crippen LogP contribution in [0.15, 0.2) is 59.9 Å². The molecule has 1 unspecified atom stereocenters. The van der Waals surface area contributed by atoms with Crippen LogP contribution in [-0.2, 0) is 14.6 Å². The average Bonchev–Trinajstić information content (AvgIpc) is 3.14. The first kappa shape index (κ1) is 17.9. The molecule has 1 fully saturated rings. The molecule has 1 aromatic carbocycles. The van der Waals surface area contributed by atoms with Crippen LogP contribution in [0.2, 0.25) is 0 Å². The Morgan fingerprint density at radius 3 is 2.41 bits per heavy atom. The molecule has 1 saturated heterocycles. The fraction of sp³-hybridized carbons (Fsp3) is 0.300. The van der Waals surface area contributed by atoms with E-state index < -0.39 is 9.84 Å². The van der Waals surface area contributed by atoms with Crippen molar-refractivity contribution in [2.45, 2.75) is 30.4 Å². The molecule has 0 saturated carbocycles. The first-order chi connectivity index (χ1) is 13.0. The molecule has 0 amide bonds. The van der Waals surface area contributed by atoms with E-state index in [0.29, 0.717) is 4.90 Å². The topological polar surface area (TPSA) is 74.1 Å². The number of aromatic nitrogens is 3. The number of benzene rings is 1. The van der Waals surface area contributed by atoms with E-state index in [1.54, 1.807) is 24.5 Å². The molecule has 7 heteroatoms. The van der Waals surface area contributed by atoms with Crippen LogP contribution in [0.1, 0.15) is 25.5 Å². The molecule has 27 heavy (non-hydrogen) atoms. The Kier molecular flexibility index (Phi) is 4.80. The summed E-state index contributed by atoms with van der Waals surface area (Å²) in [6, 6.07) is 10.8. The SMILES string of the molecule is CS(=O)(=O)c1ccc(-c2c(-c3ccncc3)cnn2C2CCCCO2)cc1. The van der Waals surface area contributed by atoms with E-state index in [2.05, 4.69) is 10.1 Å². The molecule has 0 bridgehead atoms. The third kappa shape index (κ3) is 3.65. The molecular weight excluding hydrogens is 362 g/mol. The Labute approximate surface area is 158 Å². The van der Waals surface area contributed by atoms with Gasteiger partial charge in [-0.05, 0) is 49.1 Å². The van der Waals surface area contributed by atoms with Crippen LogP contribution in [0, 0.1) is 0 Å². The van der Waals surface area contributed by atoms with Crippen LogP contribution in [-0.4, -0.2) is 36.0 Å². The predicted molar refractivity (Wildman–Crippen MR) is 103 cm³/mol. The minimum atomic E-state index is -3.24. The smallest absolute Gasteiger partial charge is 0.175 e. The van der Waals surface area contributed by atoms with Gasteiger partial charge in [0.2, 0.25) is 0 Å². The van der Waals surface area contributed by atoms with Crippen molar-refractivity contribution in [2.24, 2.45) is 0 Å². The van der Waals surface area contributed by atoms with Crippen molar-refractivity contribution < 1.29 is 13.2 Å². The lowest BCUT2D eigenvalue weighted by atomic mass is 10.0. The van der Waals surface area contributed by atoms with E-state index >= 15 is 0 Å². The largest absolute Gasteiger partial charge is 0.356 e. The van der Waals surface area contributed by atoms with Crippen LogP contribution in [0.25, 0.3) is 22.4 Å². The normalized spacial score (nSPS) is 17.7. The molecule has 0 spiro atoms. The first-order valence-electron chi connectivity index (χ1n) is 8.94. The van der Waals surface area contributed by atoms with Gasteiger partial charge >= 0.3 is 0 Å². The van der Waals surface area contributed by atoms with E-state index in [-0.39, 0.29) is 6.23 Å². The number of sulfone groups is 1. The third-order valence-electron chi connectivity index (χ3n) is 4.77. The summed E-state index contributed by atoms with van der Waals surface area (Å²) in [5.74, 6) is 0. The maximum absolute atomic E-state index is 11.8. The Balaban J connectivity index is 1.84. The molecule has 1 aliphatic rings. The van der Waals surface area contributed by atoms with Gasteiger partial charge in [0.15, 0.2) is 16.1 Å². The first-order valence-corrected chi connectivity index (χ1v) is 10.8. The molecule has 1 aliphatic heterocycles. The summed E-state index contributed by atoms with van der Waals surface area (Å²) < 4.78 is 31.4. The Morgan fingerprint density at radius 2 is 1.78 bits per heavy atom. The second kappa shape index (κ2) is 7.25. The fourth-order valence-electron chi connectivity index (χ4n) is 3.39. The number of hydrogen-bond acceptors (Lipinski definition) is 5. The molecule has 3 heterocycles. The van der Waals surface area contributed by atoms with Gasteiger partial charge in [-0.25, -0.2) is 13.1 Å². The maximum Gasteiger partial charge on any atom is 0.175 e. The van der Waals surface area contributed by atoms with Gasteiger partial charge in [0.1, 0.15) is 0 Å². The van der Waals surface area contributed by atoms with E-state index in [4.69, 9.17) is 4.74 Å². The minimum Gasteiger partial charge on any atom is -0.356 e. The van der Waals surface area contributed by atoms with Crippen LogP contribution in [0.3, 0.4) is 0 Å². The second-order valence-electron chi connectivity index (χ2n) is 6.71. The van der Waals surface area contributed by atoms with Gasteiger partial charge < -0.3 is 4.74 Å². The zero-order chi connectivity index (χ0) is 18.9. The molecule has 3 aromatic rings. The molecular formula is C20H21N3O3S. The summed E-state index contributed by atoms with van der Waals surface area (Å²) in [5.41, 5.74) is 3.81. The molecule has 1 atom stereocenters. The zero-order valence-corrected chi connectivity index (χ0v) is 15.9. The molecule has 0 N–H and O–H groups in total. The summed E-state index contributed by atoms with van der Waals surface area (Å²) in [5, 5.41) is 4.62. The molecule has 6 nitrogen and oxygen atoms in total. The zero-order valence-electron chi connectivity index (χ0n) is 15.1. The quantitative estimate of drug-likeness (QED) is 0.686. The summed E-state index contributed by atoms with van der Waals surface area (Å²) in [6.07, 6.45) is 9.51. The highest BCUT2D eigenvalue weighted by molar-refractivity contribution is 7.90. The van der Waals surface area contributed by atoms with Crippen molar-refractivity contribution in [1.29, 1.82) is 0 Å². The van der Waals surface area contributed by atoms with E-state index in [1.165, 1.54) is 6.26 Å². The van der Waals surface area contributed by atoms with Crippen LogP contribution in [0.4, 0.5) is 0 Å². The highest BCUT2D eigenvalue weighted by atomic mass is 32.2. The van der Waals surface area contributed by atoms with Crippen LogP contribution < -0.4 is 0 Å². The van der Waals surface area contributed by atoms with E-state index in [1.807, 2.05) is 35.1 Å². The maximum atomic E-state index is 11.8. The van der Waals surface area contributed by atoms with Crippen molar-refractivity contribution >= 4 is 9.84 Å². The summed E-state index contributed by atoms with van der Waals surface area (Å²) in [7, 11) is -3.24. The molecule has 4 rings (SSSR count). The van der Waals surface area contributed by atoms with Crippen molar-refractivity contribution in [2.75, 3.05) is 12.9 Å². The molecule has 0 aliphatic carbocycles. The van der Waals surface area contributed by atoms with Gasteiger partial charge in [-0.3, -0.25) is 4.98 Å². The predicted octanol–water partition coefficient (Wildman–Crippen LogP) is 3.71. The molecule has 2 aromatic heterocycles. The van der Waals surface area contributed by atoms with Gasteiger partial charge in [-0.1, -0.05) is 12.1 Å². The van der Waals surface area contributed by atoms with Crippen molar-refractivity contribution in [3.05, 3.63) is 55.0 Å². The van der Waals surface area contributed by atoms with Gasteiger partial charge in [0, 0.05) is 36.4 Å². The van der Waals surface area contributed by atoms with Crippen molar-refractivity contribution in [3.63, 3.8) is 0 Å². The van der Waals surface area contributed by atoms with E-state index in [0.717, 1.165) is 48.3 Å². The highest BCUT2D eigenvalue weighted by Gasteiger charge is 2.23. The van der Waals surface area contributed by atoms with Gasteiger partial charge in [-0.2, -0.15) is 5.10 Å². The van der Waals surface area contributed by atoms with Gasteiger partial charge in [0.25, 0.3) is 0 Å². The fourth-order valence-corrected chi connectivity index (χ4v) is 4.02. The minimum absolute atomic E-state index is 0.112. The monoisotopic (exact) mass is 383 g/mol. The average molecular weight is 383 g/mol. The third-order valence-corrected chi connectivity index (χ3v) is 5.90.